The highest BCUT2D eigenvalue weighted by atomic mass is 16.5. The fraction of sp³-hybridized carbons (Fsp3) is 0.174. The zero-order chi connectivity index (χ0) is 19.5. The largest absolute Gasteiger partial charge is 0.488 e. The van der Waals surface area contributed by atoms with Gasteiger partial charge < -0.3 is 19.5 Å². The molecular weight excluding hydrogens is 354 g/mol. The summed E-state index contributed by atoms with van der Waals surface area (Å²) in [6.45, 7) is 0.687. The first-order valence-corrected chi connectivity index (χ1v) is 9.10. The average molecular weight is 375 g/mol. The van der Waals surface area contributed by atoms with E-state index in [2.05, 4.69) is 0 Å². The third-order valence-corrected chi connectivity index (χ3v) is 4.80. The van der Waals surface area contributed by atoms with Crippen LogP contribution in [0.1, 0.15) is 33.3 Å². The van der Waals surface area contributed by atoms with Gasteiger partial charge in [-0.1, -0.05) is 60.7 Å². The van der Waals surface area contributed by atoms with E-state index in [1.807, 2.05) is 60.7 Å². The molecule has 5 heteroatoms. The van der Waals surface area contributed by atoms with E-state index in [9.17, 15) is 9.90 Å². The minimum absolute atomic E-state index is 0.282. The Balaban J connectivity index is 1.62. The van der Waals surface area contributed by atoms with Crippen LogP contribution >= 0.6 is 0 Å². The summed E-state index contributed by atoms with van der Waals surface area (Å²) in [5, 5.41) is 10.6. The lowest BCUT2D eigenvalue weighted by Gasteiger charge is -2.17. The summed E-state index contributed by atoms with van der Waals surface area (Å²) >= 11 is 0. The number of aliphatic hydroxyl groups excluding tert-OH is 1. The van der Waals surface area contributed by atoms with E-state index in [0.717, 1.165) is 11.1 Å². The molecule has 1 unspecified atom stereocenters. The molecule has 1 aliphatic heterocycles. The van der Waals surface area contributed by atoms with Crippen molar-refractivity contribution in [2.45, 2.75) is 19.4 Å². The van der Waals surface area contributed by atoms with Gasteiger partial charge in [0, 0.05) is 7.05 Å². The number of nitrogens with zero attached hydrogens (tertiary/aromatic N) is 1. The van der Waals surface area contributed by atoms with Crippen molar-refractivity contribution in [1.29, 1.82) is 0 Å². The zero-order valence-corrected chi connectivity index (χ0v) is 15.5. The van der Waals surface area contributed by atoms with Gasteiger partial charge in [0.1, 0.15) is 24.7 Å². The molecule has 0 saturated heterocycles. The molecule has 28 heavy (non-hydrogen) atoms. The fourth-order valence-electron chi connectivity index (χ4n) is 3.26. The maximum Gasteiger partial charge on any atom is 0.260 e. The maximum atomic E-state index is 12.7. The Morgan fingerprint density at radius 3 is 1.89 bits per heavy atom. The quantitative estimate of drug-likeness (QED) is 0.709. The van der Waals surface area contributed by atoms with Crippen molar-refractivity contribution < 1.29 is 19.4 Å². The van der Waals surface area contributed by atoms with E-state index >= 15 is 0 Å². The molecule has 0 aliphatic carbocycles. The summed E-state index contributed by atoms with van der Waals surface area (Å²) in [5.74, 6) is 0.645. The van der Waals surface area contributed by atoms with Crippen LogP contribution in [-0.4, -0.2) is 23.0 Å². The normalized spacial score (nSPS) is 15.4. The molecular formula is C23H21NO4. The Hall–Kier alpha value is -3.31. The van der Waals surface area contributed by atoms with E-state index in [-0.39, 0.29) is 5.91 Å². The van der Waals surface area contributed by atoms with Gasteiger partial charge in [-0.2, -0.15) is 0 Å². The van der Waals surface area contributed by atoms with Gasteiger partial charge in [-0.05, 0) is 23.3 Å². The van der Waals surface area contributed by atoms with Crippen molar-refractivity contribution in [1.82, 2.24) is 4.90 Å². The number of carbonyl (C=O) groups excluding carboxylic acids is 1. The van der Waals surface area contributed by atoms with Gasteiger partial charge in [0.25, 0.3) is 5.91 Å². The molecule has 1 heterocycles. The second-order valence-corrected chi connectivity index (χ2v) is 6.69. The molecule has 142 valence electrons. The Bertz CT molecular complexity index is 973. The molecule has 1 aliphatic rings. The van der Waals surface area contributed by atoms with E-state index < -0.39 is 6.23 Å². The number of hydrogen-bond acceptors (Lipinski definition) is 4. The van der Waals surface area contributed by atoms with Crippen LogP contribution in [0.25, 0.3) is 0 Å². The fourth-order valence-corrected chi connectivity index (χ4v) is 3.26. The first kappa shape index (κ1) is 18.1. The molecule has 1 atom stereocenters. The number of hydrogen-bond donors (Lipinski definition) is 1. The molecule has 0 saturated carbocycles. The summed E-state index contributed by atoms with van der Waals surface area (Å²) in [7, 11) is 1.56. The van der Waals surface area contributed by atoms with Gasteiger partial charge in [0.2, 0.25) is 0 Å². The molecule has 1 N–H and O–H groups in total. The van der Waals surface area contributed by atoms with E-state index in [4.69, 9.17) is 9.47 Å². The van der Waals surface area contributed by atoms with Gasteiger partial charge in [-0.15, -0.1) is 0 Å². The first-order chi connectivity index (χ1) is 13.6. The minimum Gasteiger partial charge on any atom is -0.488 e. The molecule has 1 amide bonds. The number of aliphatic hydroxyl groups is 1. The van der Waals surface area contributed by atoms with Crippen molar-refractivity contribution in [2.24, 2.45) is 0 Å². The average Bonchev–Trinajstić information content (AvgIpc) is 2.97. The van der Waals surface area contributed by atoms with Gasteiger partial charge in [0.05, 0.1) is 11.1 Å². The topological polar surface area (TPSA) is 59.0 Å². The maximum absolute atomic E-state index is 12.7. The van der Waals surface area contributed by atoms with Crippen LogP contribution in [0.4, 0.5) is 0 Å². The van der Waals surface area contributed by atoms with Gasteiger partial charge in [-0.3, -0.25) is 4.79 Å². The highest BCUT2D eigenvalue weighted by Crippen LogP contribution is 2.42. The summed E-state index contributed by atoms with van der Waals surface area (Å²) in [5.41, 5.74) is 2.82. The van der Waals surface area contributed by atoms with Crippen LogP contribution in [0, 0.1) is 0 Å². The van der Waals surface area contributed by atoms with Crippen molar-refractivity contribution >= 4 is 5.91 Å². The standard InChI is InChI=1S/C23H21NO4/c1-24-22(25)20-18(27-14-16-8-4-2-5-9-16)12-13-19(21(20)23(24)26)28-15-17-10-6-3-7-11-17/h2-13,22,25H,14-15H2,1H3. The number of benzene rings is 3. The molecule has 0 spiro atoms. The molecule has 0 bridgehead atoms. The van der Waals surface area contributed by atoms with Gasteiger partial charge >= 0.3 is 0 Å². The second kappa shape index (κ2) is 7.74. The van der Waals surface area contributed by atoms with Crippen molar-refractivity contribution in [3.05, 3.63) is 95.1 Å². The van der Waals surface area contributed by atoms with Gasteiger partial charge in [0.15, 0.2) is 6.23 Å². The first-order valence-electron chi connectivity index (χ1n) is 9.10. The van der Waals surface area contributed by atoms with E-state index in [1.165, 1.54) is 4.90 Å². The number of rotatable bonds is 6. The number of fused-ring (bicyclic) bond motifs is 1. The van der Waals surface area contributed by atoms with Crippen LogP contribution in [0.15, 0.2) is 72.8 Å². The molecule has 3 aromatic carbocycles. The predicted molar refractivity (Wildman–Crippen MR) is 105 cm³/mol. The highest BCUT2D eigenvalue weighted by Gasteiger charge is 2.38. The third-order valence-electron chi connectivity index (χ3n) is 4.80. The van der Waals surface area contributed by atoms with Crippen LogP contribution in [0.2, 0.25) is 0 Å². The van der Waals surface area contributed by atoms with Crippen LogP contribution in [0.3, 0.4) is 0 Å². The molecule has 0 radical (unpaired) electrons. The number of carbonyl (C=O) groups is 1. The monoisotopic (exact) mass is 375 g/mol. The van der Waals surface area contributed by atoms with Crippen LogP contribution in [-0.2, 0) is 13.2 Å². The van der Waals surface area contributed by atoms with E-state index in [1.54, 1.807) is 19.2 Å². The molecule has 3 aromatic rings. The minimum atomic E-state index is -1.06. The zero-order valence-electron chi connectivity index (χ0n) is 15.5. The van der Waals surface area contributed by atoms with Crippen LogP contribution in [0.5, 0.6) is 11.5 Å². The smallest absolute Gasteiger partial charge is 0.260 e. The van der Waals surface area contributed by atoms with Crippen molar-refractivity contribution in [3.63, 3.8) is 0 Å². The van der Waals surface area contributed by atoms with E-state index in [0.29, 0.717) is 35.8 Å². The number of amides is 1. The summed E-state index contributed by atoms with van der Waals surface area (Å²) in [6, 6.07) is 23.0. The Morgan fingerprint density at radius 2 is 1.32 bits per heavy atom. The molecule has 4 rings (SSSR count). The van der Waals surface area contributed by atoms with Crippen LogP contribution < -0.4 is 9.47 Å². The number of ether oxygens (including phenoxy) is 2. The Morgan fingerprint density at radius 1 is 0.821 bits per heavy atom. The lowest BCUT2D eigenvalue weighted by molar-refractivity contribution is 0.0289. The lowest BCUT2D eigenvalue weighted by atomic mass is 10.1. The summed E-state index contributed by atoms with van der Waals surface area (Å²) in [6.07, 6.45) is -1.06. The Labute approximate surface area is 163 Å². The van der Waals surface area contributed by atoms with Crippen molar-refractivity contribution in [2.75, 3.05) is 7.05 Å². The summed E-state index contributed by atoms with van der Waals surface area (Å²) < 4.78 is 11.8. The molecule has 5 nitrogen and oxygen atoms in total. The van der Waals surface area contributed by atoms with Crippen molar-refractivity contribution in [3.8, 4) is 11.5 Å². The SMILES string of the molecule is CN1C(=O)c2c(OCc3ccccc3)ccc(OCc3ccccc3)c2C1O. The summed E-state index contributed by atoms with van der Waals surface area (Å²) in [4.78, 5) is 14.0. The molecule has 0 fully saturated rings. The Kier molecular flexibility index (Phi) is 5.00. The van der Waals surface area contributed by atoms with Gasteiger partial charge in [-0.25, -0.2) is 0 Å². The third kappa shape index (κ3) is 3.44. The second-order valence-electron chi connectivity index (χ2n) is 6.69. The molecule has 0 aromatic heterocycles. The highest BCUT2D eigenvalue weighted by molar-refractivity contribution is 6.02. The predicted octanol–water partition coefficient (Wildman–Crippen LogP) is 3.92. The lowest BCUT2D eigenvalue weighted by Crippen LogP contribution is -2.22.